The molecular weight excluding hydrogens is 114 g/mol. The molecule has 0 amide bonds. The smallest absolute Gasteiger partial charge is 0.369 e. The quantitative estimate of drug-likeness (QED) is 0.347. The van der Waals surface area contributed by atoms with E-state index in [2.05, 4.69) is 0 Å². The minimum absolute atomic E-state index is 0.537. The van der Waals surface area contributed by atoms with Gasteiger partial charge in [0.2, 0.25) is 0 Å². The highest BCUT2D eigenvalue weighted by atomic mass is 16.6. The number of rotatable bonds is 1. The molecule has 0 spiro atoms. The molecule has 0 saturated carbocycles. The number of hydrogen-bond acceptors (Lipinski definition) is 3. The average molecular weight is 120 g/mol. The number of aliphatic hydroxyl groups excluding tert-OH is 1. The van der Waals surface area contributed by atoms with Crippen molar-refractivity contribution < 1.29 is 20.3 Å². The fraction of sp³-hybridized carbons (Fsp3) is 0.333. The Kier molecular flexibility index (Phi) is 1.81. The van der Waals surface area contributed by atoms with E-state index in [9.17, 15) is 4.91 Å². The maximum Gasteiger partial charge on any atom is 0.369 e. The molecule has 0 saturated heterocycles. The molecular formula is C3H6NO4+. The van der Waals surface area contributed by atoms with Gasteiger partial charge in [0.25, 0.3) is 4.92 Å². The Morgan fingerprint density at radius 1 is 1.50 bits per heavy atom. The predicted molar refractivity (Wildman–Crippen MR) is 23.4 cm³/mol. The van der Waals surface area contributed by atoms with Gasteiger partial charge in [-0.15, -0.1) is 0 Å². The predicted octanol–water partition coefficient (Wildman–Crippen LogP) is 0.459. The van der Waals surface area contributed by atoms with Crippen LogP contribution in [0.3, 0.4) is 0 Å². The maximum atomic E-state index is 9.68. The highest BCUT2D eigenvalue weighted by molar-refractivity contribution is 4.82. The van der Waals surface area contributed by atoms with Crippen LogP contribution in [0.4, 0.5) is 0 Å². The Morgan fingerprint density at radius 2 is 1.88 bits per heavy atom. The third-order valence-corrected chi connectivity index (χ3v) is 0.611. The Bertz CT molecular complexity index is 134. The second-order valence-corrected chi connectivity index (χ2v) is 1.18. The topological polar surface area (TPSA) is 80.8 Å². The molecule has 0 atom stereocenters. The largest absolute Gasteiger partial charge is 0.476 e. The Labute approximate surface area is 45.0 Å². The average Bonchev–Trinajstić information content (AvgIpc) is 1.64. The van der Waals surface area contributed by atoms with Crippen LogP contribution in [0, 0.1) is 4.91 Å². The van der Waals surface area contributed by atoms with E-state index in [1.54, 1.807) is 0 Å². The summed E-state index contributed by atoms with van der Waals surface area (Å²) in [5, 5.41) is 23.9. The van der Waals surface area contributed by atoms with Gasteiger partial charge in [-0.2, -0.15) is 0 Å². The van der Waals surface area contributed by atoms with Gasteiger partial charge in [-0.25, -0.2) is 5.21 Å². The van der Waals surface area contributed by atoms with Crippen molar-refractivity contribution in [1.29, 1.82) is 0 Å². The van der Waals surface area contributed by atoms with Crippen LogP contribution >= 0.6 is 0 Å². The van der Waals surface area contributed by atoms with Crippen molar-refractivity contribution in [3.05, 3.63) is 16.5 Å². The Balaban J connectivity index is 4.23. The highest BCUT2D eigenvalue weighted by Crippen LogP contribution is 1.93. The monoisotopic (exact) mass is 120 g/mol. The van der Waals surface area contributed by atoms with Gasteiger partial charge in [0.15, 0.2) is 0 Å². The summed E-state index contributed by atoms with van der Waals surface area (Å²) in [4.78, 5) is 9.05. The van der Waals surface area contributed by atoms with E-state index in [1.165, 1.54) is 0 Å². The third-order valence-electron chi connectivity index (χ3n) is 0.611. The van der Waals surface area contributed by atoms with Gasteiger partial charge in [0, 0.05) is 6.92 Å². The van der Waals surface area contributed by atoms with E-state index in [0.717, 1.165) is 6.92 Å². The van der Waals surface area contributed by atoms with Crippen LogP contribution < -0.4 is 0 Å². The standard InChI is InChI=1S/C3H5NO4/c1-2(3(5)6)4(7)8/h1H3,(H2-,5,6,7,8)/p+1. The third kappa shape index (κ3) is 1.46. The van der Waals surface area contributed by atoms with E-state index in [4.69, 9.17) is 15.4 Å². The van der Waals surface area contributed by atoms with Crippen molar-refractivity contribution in [1.82, 2.24) is 0 Å². The summed E-state index contributed by atoms with van der Waals surface area (Å²) in [6.07, 6.45) is 0. The molecule has 5 heteroatoms. The fourth-order valence-electron chi connectivity index (χ4n) is 0.0855. The zero-order valence-corrected chi connectivity index (χ0v) is 4.20. The SMILES string of the molecule is CC(=C(O)O)[N+](=O)O. The number of allylic oxidation sites excluding steroid dienone is 1. The summed E-state index contributed by atoms with van der Waals surface area (Å²) in [7, 11) is 0. The first-order valence-electron chi connectivity index (χ1n) is 1.80. The lowest BCUT2D eigenvalue weighted by Crippen LogP contribution is -2.00. The van der Waals surface area contributed by atoms with Gasteiger partial charge in [0.1, 0.15) is 0 Å². The van der Waals surface area contributed by atoms with Gasteiger partial charge in [0.05, 0.1) is 4.91 Å². The maximum absolute atomic E-state index is 9.68. The van der Waals surface area contributed by atoms with Crippen LogP contribution in [-0.4, -0.2) is 20.3 Å². The van der Waals surface area contributed by atoms with E-state index in [1.807, 2.05) is 0 Å². The molecule has 0 aromatic carbocycles. The first-order valence-corrected chi connectivity index (χ1v) is 1.80. The van der Waals surface area contributed by atoms with Crippen LogP contribution in [-0.2, 0) is 0 Å². The lowest BCUT2D eigenvalue weighted by Gasteiger charge is -1.80. The molecule has 3 N–H and O–H groups in total. The Morgan fingerprint density at radius 3 is 1.88 bits per heavy atom. The van der Waals surface area contributed by atoms with Gasteiger partial charge < -0.3 is 10.2 Å². The fourth-order valence-corrected chi connectivity index (χ4v) is 0.0855. The zero-order valence-electron chi connectivity index (χ0n) is 4.20. The summed E-state index contributed by atoms with van der Waals surface area (Å²) in [6, 6.07) is 0. The minimum Gasteiger partial charge on any atom is -0.476 e. The van der Waals surface area contributed by atoms with Gasteiger partial charge in [-0.1, -0.05) is 0 Å². The Hall–Kier alpha value is -1.26. The molecule has 8 heavy (non-hydrogen) atoms. The second-order valence-electron chi connectivity index (χ2n) is 1.18. The number of aliphatic hydroxyl groups is 2. The normalized spacial score (nSPS) is 8.12. The van der Waals surface area contributed by atoms with E-state index < -0.39 is 16.6 Å². The van der Waals surface area contributed by atoms with Crippen LogP contribution in [0.25, 0.3) is 0 Å². The van der Waals surface area contributed by atoms with E-state index in [0.29, 0.717) is 0 Å². The summed E-state index contributed by atoms with van der Waals surface area (Å²) >= 11 is 0. The van der Waals surface area contributed by atoms with Gasteiger partial charge in [-0.05, 0) is 0 Å². The molecule has 46 valence electrons. The molecule has 0 bridgehead atoms. The molecule has 0 aliphatic heterocycles. The molecule has 0 aromatic heterocycles. The molecule has 0 unspecified atom stereocenters. The van der Waals surface area contributed by atoms with Crippen LogP contribution in [0.1, 0.15) is 6.92 Å². The van der Waals surface area contributed by atoms with Gasteiger partial charge >= 0.3 is 11.6 Å². The summed E-state index contributed by atoms with van der Waals surface area (Å²) in [5.74, 6) is -1.18. The molecule has 0 radical (unpaired) electrons. The van der Waals surface area contributed by atoms with Crippen molar-refractivity contribution in [3.63, 3.8) is 0 Å². The lowest BCUT2D eigenvalue weighted by molar-refractivity contribution is -0.756. The van der Waals surface area contributed by atoms with Crippen LogP contribution in [0.5, 0.6) is 0 Å². The molecule has 0 aliphatic rings. The lowest BCUT2D eigenvalue weighted by atomic mass is 10.6. The van der Waals surface area contributed by atoms with Crippen molar-refractivity contribution in [2.24, 2.45) is 0 Å². The van der Waals surface area contributed by atoms with Crippen molar-refractivity contribution in [2.75, 3.05) is 0 Å². The highest BCUT2D eigenvalue weighted by Gasteiger charge is 2.15. The number of nitrogens with zero attached hydrogens (tertiary/aromatic N) is 1. The van der Waals surface area contributed by atoms with Crippen LogP contribution in [0.15, 0.2) is 11.6 Å². The molecule has 0 aliphatic carbocycles. The van der Waals surface area contributed by atoms with E-state index in [-0.39, 0.29) is 0 Å². The molecule has 0 heterocycles. The molecule has 0 rings (SSSR count). The summed E-state index contributed by atoms with van der Waals surface area (Å²) < 4.78 is 0. The second kappa shape index (κ2) is 2.15. The summed E-state index contributed by atoms with van der Waals surface area (Å²) in [5.41, 5.74) is -0.537. The molecule has 0 fully saturated rings. The van der Waals surface area contributed by atoms with Crippen LogP contribution in [0.2, 0.25) is 0 Å². The first kappa shape index (κ1) is 6.74. The minimum atomic E-state index is -1.18. The molecule has 5 nitrogen and oxygen atoms in total. The van der Waals surface area contributed by atoms with Crippen molar-refractivity contribution >= 4 is 0 Å². The zero-order chi connectivity index (χ0) is 6.73. The van der Waals surface area contributed by atoms with Crippen molar-refractivity contribution in [3.8, 4) is 0 Å². The number of hydrogen-bond donors (Lipinski definition) is 3. The molecule has 0 aromatic rings. The van der Waals surface area contributed by atoms with E-state index >= 15 is 0 Å². The first-order chi connectivity index (χ1) is 3.55. The van der Waals surface area contributed by atoms with Crippen molar-refractivity contribution in [2.45, 2.75) is 6.92 Å². The summed E-state index contributed by atoms with van der Waals surface area (Å²) in [6.45, 7) is 1.06. The van der Waals surface area contributed by atoms with Gasteiger partial charge in [-0.3, -0.25) is 0 Å².